The molecule has 3 aromatic carbocycles. The van der Waals surface area contributed by atoms with Crippen LogP contribution in [0.4, 0.5) is 10.5 Å². The molecule has 1 aromatic heterocycles. The molecule has 168 valence electrons. The molecule has 9 heteroatoms. The van der Waals surface area contributed by atoms with Gasteiger partial charge in [-0.1, -0.05) is 29.8 Å². The predicted molar refractivity (Wildman–Crippen MR) is 126 cm³/mol. The monoisotopic (exact) mass is 463 g/mol. The fourth-order valence-corrected chi connectivity index (χ4v) is 3.94. The molecule has 0 saturated carbocycles. The first-order chi connectivity index (χ1) is 16.1. The molecule has 2 amide bonds. The van der Waals surface area contributed by atoms with Gasteiger partial charge in [-0.15, -0.1) is 0 Å². The number of hydrogen-bond acceptors (Lipinski definition) is 6. The Morgan fingerprint density at radius 3 is 2.58 bits per heavy atom. The van der Waals surface area contributed by atoms with Gasteiger partial charge in [0.25, 0.3) is 0 Å². The first-order valence-corrected chi connectivity index (χ1v) is 11.0. The van der Waals surface area contributed by atoms with Crippen molar-refractivity contribution in [1.82, 2.24) is 20.1 Å². The lowest BCUT2D eigenvalue weighted by atomic mass is 10.2. The number of halogens is 1. The number of piperazine rings is 1. The summed E-state index contributed by atoms with van der Waals surface area (Å²) in [6.07, 6.45) is 0. The van der Waals surface area contributed by atoms with Gasteiger partial charge < -0.3 is 15.0 Å². The number of nitrogens with zero attached hydrogens (tertiary/aromatic N) is 4. The van der Waals surface area contributed by atoms with Crippen molar-refractivity contribution in [3.8, 4) is 11.5 Å². The molecule has 0 unspecified atom stereocenters. The minimum atomic E-state index is -0.150. The van der Waals surface area contributed by atoms with Crippen molar-refractivity contribution in [1.29, 1.82) is 0 Å². The van der Waals surface area contributed by atoms with E-state index in [0.29, 0.717) is 34.8 Å². The molecular weight excluding hydrogens is 442 g/mol. The number of ether oxygens (including phenoxy) is 1. The zero-order valence-corrected chi connectivity index (χ0v) is 18.5. The molecule has 4 aromatic rings. The number of urea groups is 1. The highest BCUT2D eigenvalue weighted by Gasteiger charge is 2.22. The van der Waals surface area contributed by atoms with E-state index in [0.717, 1.165) is 36.7 Å². The van der Waals surface area contributed by atoms with E-state index in [9.17, 15) is 4.79 Å². The second-order valence-corrected chi connectivity index (χ2v) is 8.27. The first kappa shape index (κ1) is 21.2. The number of amides is 2. The molecule has 1 N–H and O–H groups in total. The summed E-state index contributed by atoms with van der Waals surface area (Å²) in [6, 6.07) is 20.6. The normalized spacial score (nSPS) is 14.4. The molecule has 0 aliphatic carbocycles. The molecule has 0 spiro atoms. The Morgan fingerprint density at radius 2 is 1.76 bits per heavy atom. The fraction of sp³-hybridized carbons (Fsp3) is 0.208. The Labute approximate surface area is 195 Å². The highest BCUT2D eigenvalue weighted by molar-refractivity contribution is 6.30. The zero-order valence-electron chi connectivity index (χ0n) is 17.8. The van der Waals surface area contributed by atoms with Crippen molar-refractivity contribution in [2.75, 3.05) is 31.5 Å². The highest BCUT2D eigenvalue weighted by atomic mass is 35.5. The number of hydrogen-bond donors (Lipinski definition) is 1. The van der Waals surface area contributed by atoms with Crippen molar-refractivity contribution in [3.63, 3.8) is 0 Å². The average Bonchev–Trinajstić information content (AvgIpc) is 3.31. The number of nitrogens with one attached hydrogen (secondary N) is 1. The minimum Gasteiger partial charge on any atom is -0.457 e. The van der Waals surface area contributed by atoms with Gasteiger partial charge in [0.2, 0.25) is 0 Å². The van der Waals surface area contributed by atoms with E-state index in [2.05, 4.69) is 26.6 Å². The molecule has 1 aliphatic heterocycles. The van der Waals surface area contributed by atoms with E-state index in [1.54, 1.807) is 24.3 Å². The van der Waals surface area contributed by atoms with E-state index >= 15 is 0 Å². The largest absolute Gasteiger partial charge is 0.457 e. The maximum Gasteiger partial charge on any atom is 0.321 e. The van der Waals surface area contributed by atoms with Gasteiger partial charge in [0.15, 0.2) is 5.52 Å². The van der Waals surface area contributed by atoms with Crippen molar-refractivity contribution >= 4 is 34.4 Å². The molecule has 1 aliphatic rings. The Morgan fingerprint density at radius 1 is 0.970 bits per heavy atom. The fourth-order valence-electron chi connectivity index (χ4n) is 3.81. The molecule has 0 radical (unpaired) electrons. The molecule has 2 heterocycles. The molecular formula is C24H22ClN5O3. The third-order valence-electron chi connectivity index (χ3n) is 5.54. The van der Waals surface area contributed by atoms with Crippen LogP contribution in [-0.2, 0) is 6.54 Å². The summed E-state index contributed by atoms with van der Waals surface area (Å²) in [6.45, 7) is 3.63. The summed E-state index contributed by atoms with van der Waals surface area (Å²) < 4.78 is 10.7. The summed E-state index contributed by atoms with van der Waals surface area (Å²) in [5.74, 6) is 1.53. The maximum absolute atomic E-state index is 12.7. The van der Waals surface area contributed by atoms with Crippen LogP contribution in [-0.4, -0.2) is 52.3 Å². The Bertz CT molecular complexity index is 1250. The van der Waals surface area contributed by atoms with Gasteiger partial charge in [0.05, 0.1) is 5.69 Å². The summed E-state index contributed by atoms with van der Waals surface area (Å²) in [7, 11) is 0. The number of fused-ring (bicyclic) bond motifs is 1. The van der Waals surface area contributed by atoms with E-state index in [-0.39, 0.29) is 6.03 Å². The number of anilines is 1. The SMILES string of the molecule is O=C(Nc1cccc2nonc12)N1CCN(Cc2cccc(Oc3ccc(Cl)cc3)c2)CC1. The smallest absolute Gasteiger partial charge is 0.321 e. The minimum absolute atomic E-state index is 0.150. The van der Waals surface area contributed by atoms with Crippen LogP contribution >= 0.6 is 11.6 Å². The van der Waals surface area contributed by atoms with E-state index in [4.69, 9.17) is 21.0 Å². The van der Waals surface area contributed by atoms with Crippen LogP contribution in [0.2, 0.25) is 5.02 Å². The van der Waals surface area contributed by atoms with E-state index < -0.39 is 0 Å². The van der Waals surface area contributed by atoms with Crippen LogP contribution in [0.1, 0.15) is 5.56 Å². The Balaban J connectivity index is 1.15. The second-order valence-electron chi connectivity index (χ2n) is 7.83. The molecule has 0 bridgehead atoms. The lowest BCUT2D eigenvalue weighted by Gasteiger charge is -2.34. The molecule has 5 rings (SSSR count). The van der Waals surface area contributed by atoms with Gasteiger partial charge in [0.1, 0.15) is 17.0 Å². The van der Waals surface area contributed by atoms with Gasteiger partial charge in [-0.2, -0.15) is 0 Å². The molecule has 1 saturated heterocycles. The van der Waals surface area contributed by atoms with Crippen LogP contribution in [0.15, 0.2) is 71.4 Å². The summed E-state index contributed by atoms with van der Waals surface area (Å²) in [5, 5.41) is 11.3. The standard InChI is InChI=1S/C24H22ClN5O3/c25-18-7-9-19(10-8-18)32-20-4-1-3-17(15-20)16-29-11-13-30(14-12-29)24(31)26-21-5-2-6-22-23(21)28-33-27-22/h1-10,15H,11-14,16H2,(H,26,31). The summed E-state index contributed by atoms with van der Waals surface area (Å²) in [5.41, 5.74) is 2.91. The predicted octanol–water partition coefficient (Wildman–Crippen LogP) is 5.02. The zero-order chi connectivity index (χ0) is 22.6. The summed E-state index contributed by atoms with van der Waals surface area (Å²) >= 11 is 5.94. The van der Waals surface area contributed by atoms with Crippen LogP contribution < -0.4 is 10.1 Å². The van der Waals surface area contributed by atoms with Crippen LogP contribution in [0.5, 0.6) is 11.5 Å². The van der Waals surface area contributed by atoms with Gasteiger partial charge in [-0.25, -0.2) is 9.42 Å². The van der Waals surface area contributed by atoms with Crippen molar-refractivity contribution in [2.24, 2.45) is 0 Å². The molecule has 1 fully saturated rings. The third kappa shape index (κ3) is 5.08. The van der Waals surface area contributed by atoms with E-state index in [1.807, 2.05) is 41.3 Å². The number of aromatic nitrogens is 2. The average molecular weight is 464 g/mol. The highest BCUT2D eigenvalue weighted by Crippen LogP contribution is 2.25. The molecule has 33 heavy (non-hydrogen) atoms. The number of benzene rings is 3. The van der Waals surface area contributed by atoms with Crippen molar-refractivity contribution < 1.29 is 14.2 Å². The topological polar surface area (TPSA) is 83.7 Å². The Hall–Kier alpha value is -3.62. The maximum atomic E-state index is 12.7. The Kier molecular flexibility index (Phi) is 6.10. The van der Waals surface area contributed by atoms with Gasteiger partial charge in [0, 0.05) is 37.7 Å². The third-order valence-corrected chi connectivity index (χ3v) is 5.79. The van der Waals surface area contributed by atoms with Crippen molar-refractivity contribution in [2.45, 2.75) is 6.54 Å². The lowest BCUT2D eigenvalue weighted by molar-refractivity contribution is 0.143. The number of carbonyl (C=O) groups is 1. The molecule has 0 atom stereocenters. The molecule has 8 nitrogen and oxygen atoms in total. The summed E-state index contributed by atoms with van der Waals surface area (Å²) in [4.78, 5) is 16.9. The van der Waals surface area contributed by atoms with Gasteiger partial charge in [-0.05, 0) is 64.4 Å². The van der Waals surface area contributed by atoms with Gasteiger partial charge in [-0.3, -0.25) is 4.90 Å². The number of carbonyl (C=O) groups excluding carboxylic acids is 1. The van der Waals surface area contributed by atoms with E-state index in [1.165, 1.54) is 0 Å². The quantitative estimate of drug-likeness (QED) is 0.447. The number of rotatable bonds is 5. The van der Waals surface area contributed by atoms with Gasteiger partial charge >= 0.3 is 6.03 Å². The lowest BCUT2D eigenvalue weighted by Crippen LogP contribution is -2.49. The van der Waals surface area contributed by atoms with Crippen LogP contribution in [0.3, 0.4) is 0 Å². The van der Waals surface area contributed by atoms with Crippen LogP contribution in [0.25, 0.3) is 11.0 Å². The second kappa shape index (κ2) is 9.48. The van der Waals surface area contributed by atoms with Crippen molar-refractivity contribution in [3.05, 3.63) is 77.3 Å². The van der Waals surface area contributed by atoms with Crippen LogP contribution in [0, 0.1) is 0 Å². The first-order valence-electron chi connectivity index (χ1n) is 10.7.